The van der Waals surface area contributed by atoms with Crippen LogP contribution in [-0.2, 0) is 4.74 Å². The van der Waals surface area contributed by atoms with Gasteiger partial charge in [-0.1, -0.05) is 33.6 Å². The third-order valence-corrected chi connectivity index (χ3v) is 4.29. The Kier molecular flexibility index (Phi) is 7.14. The maximum Gasteiger partial charge on any atom is 0.0615 e. The summed E-state index contributed by atoms with van der Waals surface area (Å²) in [5, 5.41) is 3.78. The Morgan fingerprint density at radius 2 is 1.94 bits per heavy atom. The zero-order valence-corrected chi connectivity index (χ0v) is 12.2. The van der Waals surface area contributed by atoms with Crippen molar-refractivity contribution in [1.82, 2.24) is 5.32 Å². The Morgan fingerprint density at radius 3 is 2.53 bits per heavy atom. The van der Waals surface area contributed by atoms with E-state index in [4.69, 9.17) is 4.74 Å². The minimum absolute atomic E-state index is 0.542. The zero-order chi connectivity index (χ0) is 12.7. The molecule has 1 N–H and O–H groups in total. The molecule has 17 heavy (non-hydrogen) atoms. The van der Waals surface area contributed by atoms with Crippen molar-refractivity contribution < 1.29 is 4.74 Å². The molecule has 3 unspecified atom stereocenters. The zero-order valence-electron chi connectivity index (χ0n) is 12.2. The van der Waals surface area contributed by atoms with E-state index in [1.165, 1.54) is 32.1 Å². The summed E-state index contributed by atoms with van der Waals surface area (Å²) < 4.78 is 5.26. The van der Waals surface area contributed by atoms with Crippen LogP contribution in [0.5, 0.6) is 0 Å². The van der Waals surface area contributed by atoms with E-state index in [9.17, 15) is 0 Å². The fraction of sp³-hybridized carbons (Fsp3) is 1.00. The molecule has 0 aliphatic heterocycles. The van der Waals surface area contributed by atoms with Crippen LogP contribution in [0.1, 0.15) is 59.3 Å². The highest BCUT2D eigenvalue weighted by Gasteiger charge is 2.22. The standard InChI is InChI=1S/C15H31NO/c1-5-14(11-17-4)16-15-8-6-7-13(9-10-15)12(2)3/h12-16H,5-11H2,1-4H3. The second-order valence-corrected chi connectivity index (χ2v) is 5.94. The van der Waals surface area contributed by atoms with Gasteiger partial charge in [0.05, 0.1) is 6.61 Å². The minimum atomic E-state index is 0.542. The van der Waals surface area contributed by atoms with Crippen molar-refractivity contribution >= 4 is 0 Å². The predicted octanol–water partition coefficient (Wildman–Crippen LogP) is 3.61. The number of hydrogen-bond acceptors (Lipinski definition) is 2. The Labute approximate surface area is 108 Å². The average molecular weight is 241 g/mol. The first-order valence-electron chi connectivity index (χ1n) is 7.42. The lowest BCUT2D eigenvalue weighted by molar-refractivity contribution is 0.156. The van der Waals surface area contributed by atoms with Gasteiger partial charge in [0.2, 0.25) is 0 Å². The molecule has 1 fully saturated rings. The molecule has 0 aromatic rings. The van der Waals surface area contributed by atoms with Crippen LogP contribution in [-0.4, -0.2) is 25.8 Å². The van der Waals surface area contributed by atoms with Crippen LogP contribution in [0.2, 0.25) is 0 Å². The molecule has 0 saturated heterocycles. The average Bonchev–Trinajstić information content (AvgIpc) is 2.54. The van der Waals surface area contributed by atoms with Gasteiger partial charge in [-0.05, 0) is 37.5 Å². The van der Waals surface area contributed by atoms with E-state index in [1.807, 2.05) is 0 Å². The second kappa shape index (κ2) is 8.10. The highest BCUT2D eigenvalue weighted by molar-refractivity contribution is 4.79. The topological polar surface area (TPSA) is 21.3 Å². The highest BCUT2D eigenvalue weighted by Crippen LogP contribution is 2.29. The molecule has 0 bridgehead atoms. The summed E-state index contributed by atoms with van der Waals surface area (Å²) >= 11 is 0. The van der Waals surface area contributed by atoms with Gasteiger partial charge in [-0.2, -0.15) is 0 Å². The normalized spacial score (nSPS) is 28.1. The van der Waals surface area contributed by atoms with Gasteiger partial charge in [-0.3, -0.25) is 0 Å². The van der Waals surface area contributed by atoms with E-state index in [0.717, 1.165) is 30.9 Å². The maximum atomic E-state index is 5.26. The molecule has 0 heterocycles. The fourth-order valence-electron chi connectivity index (χ4n) is 2.98. The van der Waals surface area contributed by atoms with Crippen molar-refractivity contribution in [1.29, 1.82) is 0 Å². The lowest BCUT2D eigenvalue weighted by Gasteiger charge is -2.24. The SMILES string of the molecule is CCC(COC)NC1CCCC(C(C)C)CC1. The summed E-state index contributed by atoms with van der Waals surface area (Å²) in [5.74, 6) is 1.80. The van der Waals surface area contributed by atoms with E-state index in [1.54, 1.807) is 7.11 Å². The Hall–Kier alpha value is -0.0800. The molecule has 102 valence electrons. The van der Waals surface area contributed by atoms with Crippen LogP contribution in [0.3, 0.4) is 0 Å². The summed E-state index contributed by atoms with van der Waals surface area (Å²) in [6, 6.07) is 1.26. The first-order valence-corrected chi connectivity index (χ1v) is 7.42. The highest BCUT2D eigenvalue weighted by atomic mass is 16.5. The lowest BCUT2D eigenvalue weighted by atomic mass is 9.89. The Morgan fingerprint density at radius 1 is 1.18 bits per heavy atom. The van der Waals surface area contributed by atoms with Crippen molar-refractivity contribution in [2.24, 2.45) is 11.8 Å². The molecule has 0 aromatic carbocycles. The number of nitrogens with one attached hydrogen (secondary N) is 1. The summed E-state index contributed by atoms with van der Waals surface area (Å²) in [6.45, 7) is 7.83. The van der Waals surface area contributed by atoms with Gasteiger partial charge in [0, 0.05) is 19.2 Å². The molecular formula is C15H31NO. The molecule has 2 heteroatoms. The van der Waals surface area contributed by atoms with Crippen LogP contribution in [0.25, 0.3) is 0 Å². The van der Waals surface area contributed by atoms with E-state index < -0.39 is 0 Å². The molecule has 1 aliphatic rings. The molecule has 0 radical (unpaired) electrons. The second-order valence-electron chi connectivity index (χ2n) is 5.94. The van der Waals surface area contributed by atoms with Gasteiger partial charge in [0.1, 0.15) is 0 Å². The van der Waals surface area contributed by atoms with Gasteiger partial charge in [0.25, 0.3) is 0 Å². The Bertz CT molecular complexity index is 193. The molecule has 1 aliphatic carbocycles. The molecule has 0 amide bonds. The summed E-state index contributed by atoms with van der Waals surface area (Å²) in [5.41, 5.74) is 0. The summed E-state index contributed by atoms with van der Waals surface area (Å²) in [7, 11) is 1.80. The van der Waals surface area contributed by atoms with Gasteiger partial charge in [-0.25, -0.2) is 0 Å². The monoisotopic (exact) mass is 241 g/mol. The molecule has 1 rings (SSSR count). The molecule has 0 aromatic heterocycles. The number of hydrogen-bond donors (Lipinski definition) is 1. The number of rotatable bonds is 6. The van der Waals surface area contributed by atoms with Crippen molar-refractivity contribution in [3.05, 3.63) is 0 Å². The fourth-order valence-corrected chi connectivity index (χ4v) is 2.98. The smallest absolute Gasteiger partial charge is 0.0615 e. The van der Waals surface area contributed by atoms with Gasteiger partial charge in [0.15, 0.2) is 0 Å². The van der Waals surface area contributed by atoms with Crippen molar-refractivity contribution in [2.75, 3.05) is 13.7 Å². The summed E-state index contributed by atoms with van der Waals surface area (Å²) in [4.78, 5) is 0. The largest absolute Gasteiger partial charge is 0.383 e. The van der Waals surface area contributed by atoms with Crippen LogP contribution < -0.4 is 5.32 Å². The molecule has 3 atom stereocenters. The van der Waals surface area contributed by atoms with Gasteiger partial charge >= 0.3 is 0 Å². The quantitative estimate of drug-likeness (QED) is 0.717. The molecular weight excluding hydrogens is 210 g/mol. The first-order chi connectivity index (χ1) is 8.17. The molecule has 1 saturated carbocycles. The van der Waals surface area contributed by atoms with Crippen molar-refractivity contribution in [2.45, 2.75) is 71.4 Å². The Balaban J connectivity index is 2.35. The molecule has 0 spiro atoms. The lowest BCUT2D eigenvalue weighted by Crippen LogP contribution is -2.40. The minimum Gasteiger partial charge on any atom is -0.383 e. The van der Waals surface area contributed by atoms with Crippen LogP contribution >= 0.6 is 0 Å². The van der Waals surface area contributed by atoms with E-state index in [2.05, 4.69) is 26.1 Å². The van der Waals surface area contributed by atoms with Gasteiger partial charge in [-0.15, -0.1) is 0 Å². The van der Waals surface area contributed by atoms with Gasteiger partial charge < -0.3 is 10.1 Å². The molecule has 2 nitrogen and oxygen atoms in total. The van der Waals surface area contributed by atoms with Crippen LogP contribution in [0, 0.1) is 11.8 Å². The third kappa shape index (κ3) is 5.39. The predicted molar refractivity (Wildman–Crippen MR) is 74.3 cm³/mol. The van der Waals surface area contributed by atoms with Crippen LogP contribution in [0.15, 0.2) is 0 Å². The van der Waals surface area contributed by atoms with Crippen LogP contribution in [0.4, 0.5) is 0 Å². The third-order valence-electron chi connectivity index (χ3n) is 4.29. The first kappa shape index (κ1) is 15.0. The summed E-state index contributed by atoms with van der Waals surface area (Å²) in [6.07, 6.45) is 8.09. The van der Waals surface area contributed by atoms with E-state index in [0.29, 0.717) is 6.04 Å². The number of methoxy groups -OCH3 is 1. The van der Waals surface area contributed by atoms with Crippen molar-refractivity contribution in [3.8, 4) is 0 Å². The van der Waals surface area contributed by atoms with E-state index in [-0.39, 0.29) is 0 Å². The maximum absolute atomic E-state index is 5.26. The number of ether oxygens (including phenoxy) is 1. The van der Waals surface area contributed by atoms with E-state index >= 15 is 0 Å². The van der Waals surface area contributed by atoms with Crippen molar-refractivity contribution in [3.63, 3.8) is 0 Å².